The fourth-order valence-electron chi connectivity index (χ4n) is 8.56. The first-order chi connectivity index (χ1) is 36.9. The van der Waals surface area contributed by atoms with Crippen LogP contribution in [0.1, 0.15) is 91.8 Å². The molecule has 5 aromatic rings. The molecule has 2 heterocycles. The van der Waals surface area contributed by atoms with Gasteiger partial charge in [-0.25, -0.2) is 26.4 Å². The highest BCUT2D eigenvalue weighted by Gasteiger charge is 2.43. The number of hydrogen-bond acceptors (Lipinski definition) is 16. The monoisotopic (exact) mass is 1150 g/mol. The van der Waals surface area contributed by atoms with Crippen LogP contribution in [0.25, 0.3) is 11.4 Å². The number of piperidine rings is 1. The van der Waals surface area contributed by atoms with Crippen molar-refractivity contribution < 1.29 is 54.5 Å². The predicted molar refractivity (Wildman–Crippen MR) is 305 cm³/mol. The molecule has 0 unspecified atom stereocenters. The van der Waals surface area contributed by atoms with Gasteiger partial charge in [0, 0.05) is 45.0 Å². The summed E-state index contributed by atoms with van der Waals surface area (Å²) < 4.78 is 99.9. The van der Waals surface area contributed by atoms with Gasteiger partial charge < -0.3 is 43.6 Å². The molecule has 0 spiro atoms. The summed E-state index contributed by atoms with van der Waals surface area (Å²) in [6.45, 7) is 21.1. The Balaban J connectivity index is 1.58. The van der Waals surface area contributed by atoms with Gasteiger partial charge in [0.15, 0.2) is 18.2 Å². The maximum Gasteiger partial charge on any atom is 0.407 e. The minimum absolute atomic E-state index is 0.0372. The lowest BCUT2D eigenvalue weighted by atomic mass is 9.95. The summed E-state index contributed by atoms with van der Waals surface area (Å²) in [6.07, 6.45) is -1.31. The molecule has 0 bridgehead atoms. The lowest BCUT2D eigenvalue weighted by Gasteiger charge is -2.39. The predicted octanol–water partition coefficient (Wildman–Crippen LogP) is 9.24. The Morgan fingerprint density at radius 2 is 1.18 bits per heavy atom. The van der Waals surface area contributed by atoms with Crippen molar-refractivity contribution in [2.24, 2.45) is 5.92 Å². The summed E-state index contributed by atoms with van der Waals surface area (Å²) >= 11 is 0. The molecule has 0 radical (unpaired) electrons. The number of nitrogens with one attached hydrogen (secondary N) is 2. The molecule has 1 aliphatic rings. The number of methoxy groups -OCH3 is 3. The Morgan fingerprint density at radius 3 is 1.65 bits per heavy atom. The summed E-state index contributed by atoms with van der Waals surface area (Å²) in [5.41, 5.74) is 0.705. The van der Waals surface area contributed by atoms with E-state index in [1.165, 1.54) is 29.4 Å². The SMILES string of the molecule is COc1ccc(CN(Cc2ccc(OC)cc2)S(=O)(=O)c2c(S(=O)(=O)C[C@@H](CNC(=O)OC(C)(C)C)O[Si](C)(C)C(C)(C)C)ccc(N3CCC(CNC(=O)OC(C)(C)C)CC3)c2-c2nnn(Cc3ccc(OC)cc3)n2)cc1. The minimum atomic E-state index is -4.97. The van der Waals surface area contributed by atoms with Gasteiger partial charge in [0.2, 0.25) is 15.8 Å². The maximum atomic E-state index is 16.5. The van der Waals surface area contributed by atoms with E-state index in [1.807, 2.05) is 50.9 Å². The van der Waals surface area contributed by atoms with Crippen LogP contribution in [0.3, 0.4) is 0 Å². The molecule has 1 atom stereocenters. The summed E-state index contributed by atoms with van der Waals surface area (Å²) in [7, 11) is -7.86. The van der Waals surface area contributed by atoms with Gasteiger partial charge in [0.25, 0.3) is 0 Å². The number of amides is 2. The smallest absolute Gasteiger partial charge is 0.407 e. The number of sulfonamides is 1. The van der Waals surface area contributed by atoms with Gasteiger partial charge in [-0.1, -0.05) is 57.2 Å². The second kappa shape index (κ2) is 25.5. The third-order valence-electron chi connectivity index (χ3n) is 13.7. The number of sulfone groups is 1. The first kappa shape index (κ1) is 61.9. The lowest BCUT2D eigenvalue weighted by Crippen LogP contribution is -2.49. The first-order valence-corrected chi connectivity index (χ1v) is 32.3. The number of benzene rings is 4. The summed E-state index contributed by atoms with van der Waals surface area (Å²) in [6, 6.07) is 24.1. The van der Waals surface area contributed by atoms with Crippen molar-refractivity contribution in [2.45, 2.75) is 140 Å². The van der Waals surface area contributed by atoms with E-state index < -0.39 is 78.3 Å². The van der Waals surface area contributed by atoms with E-state index >= 15 is 16.8 Å². The van der Waals surface area contributed by atoms with Gasteiger partial charge in [0.05, 0.1) is 50.2 Å². The van der Waals surface area contributed by atoms with E-state index in [2.05, 4.69) is 20.9 Å². The number of aromatic nitrogens is 4. The highest BCUT2D eigenvalue weighted by molar-refractivity contribution is 7.93. The highest BCUT2D eigenvalue weighted by Crippen LogP contribution is 2.43. The number of anilines is 1. The second-order valence-electron chi connectivity index (χ2n) is 23.2. The molecule has 6 rings (SSSR count). The van der Waals surface area contributed by atoms with E-state index in [0.717, 1.165) is 5.56 Å². The topological polar surface area (TPSA) is 232 Å². The molecule has 0 aliphatic carbocycles. The highest BCUT2D eigenvalue weighted by atomic mass is 32.2. The van der Waals surface area contributed by atoms with Gasteiger partial charge in [-0.15, -0.1) is 10.2 Å². The molecule has 432 valence electrons. The fourth-order valence-corrected chi connectivity index (χ4v) is 13.9. The molecule has 4 aromatic carbocycles. The van der Waals surface area contributed by atoms with Gasteiger partial charge in [-0.3, -0.25) is 0 Å². The van der Waals surface area contributed by atoms with Crippen LogP contribution in [-0.4, -0.2) is 132 Å². The Labute approximate surface area is 467 Å². The van der Waals surface area contributed by atoms with E-state index in [0.29, 0.717) is 66.5 Å². The molecule has 23 heteroatoms. The summed E-state index contributed by atoms with van der Waals surface area (Å²) in [5, 5.41) is 19.0. The summed E-state index contributed by atoms with van der Waals surface area (Å²) in [5.74, 6) is 0.920. The van der Waals surface area contributed by atoms with Gasteiger partial charge in [0.1, 0.15) is 33.3 Å². The van der Waals surface area contributed by atoms with Crippen molar-refractivity contribution in [3.8, 4) is 28.6 Å². The Kier molecular flexibility index (Phi) is 20.0. The second-order valence-corrected chi connectivity index (χ2v) is 31.9. The Morgan fingerprint density at radius 1 is 0.696 bits per heavy atom. The van der Waals surface area contributed by atoms with E-state index in [9.17, 15) is 9.59 Å². The molecule has 1 aromatic heterocycles. The van der Waals surface area contributed by atoms with Crippen molar-refractivity contribution in [1.29, 1.82) is 0 Å². The molecule has 1 saturated heterocycles. The number of tetrazole rings is 1. The average Bonchev–Trinajstić information content (AvgIpc) is 3.92. The van der Waals surface area contributed by atoms with E-state index in [-0.39, 0.29) is 43.5 Å². The Hall–Kier alpha value is -6.27. The molecular weight excluding hydrogens is 1070 g/mol. The average molecular weight is 1150 g/mol. The number of nitrogens with zero attached hydrogens (tertiary/aromatic N) is 6. The molecule has 0 saturated carbocycles. The number of carbonyl (C=O) groups is 2. The molecular formula is C56H80N8O12S2Si. The largest absolute Gasteiger partial charge is 0.497 e. The zero-order valence-corrected chi connectivity index (χ0v) is 50.8. The van der Waals surface area contributed by atoms with Gasteiger partial charge in [-0.05, 0) is 149 Å². The first-order valence-electron chi connectivity index (χ1n) is 26.3. The van der Waals surface area contributed by atoms with Crippen molar-refractivity contribution in [2.75, 3.05) is 58.2 Å². The lowest BCUT2D eigenvalue weighted by molar-refractivity contribution is 0.0496. The van der Waals surface area contributed by atoms with Crippen molar-refractivity contribution in [1.82, 2.24) is 35.1 Å². The van der Waals surface area contributed by atoms with Crippen LogP contribution < -0.4 is 29.7 Å². The van der Waals surface area contributed by atoms with Crippen molar-refractivity contribution in [3.63, 3.8) is 0 Å². The number of alkyl carbamates (subject to hydrolysis) is 2. The third kappa shape index (κ3) is 17.1. The van der Waals surface area contributed by atoms with E-state index in [4.69, 9.17) is 33.2 Å². The van der Waals surface area contributed by atoms with Crippen LogP contribution in [0.4, 0.5) is 15.3 Å². The van der Waals surface area contributed by atoms with Crippen molar-refractivity contribution in [3.05, 3.63) is 102 Å². The van der Waals surface area contributed by atoms with Crippen LogP contribution in [-0.2, 0) is 53.4 Å². The molecule has 1 fully saturated rings. The molecule has 79 heavy (non-hydrogen) atoms. The number of carbonyl (C=O) groups excluding carboxylic acids is 2. The van der Waals surface area contributed by atoms with Crippen LogP contribution >= 0.6 is 0 Å². The third-order valence-corrected chi connectivity index (χ3v) is 22.0. The molecule has 20 nitrogen and oxygen atoms in total. The zero-order chi connectivity index (χ0) is 58.1. The quantitative estimate of drug-likeness (QED) is 0.0615. The Bertz CT molecular complexity index is 3030. The van der Waals surface area contributed by atoms with Crippen LogP contribution in [0, 0.1) is 5.92 Å². The molecule has 1 aliphatic heterocycles. The normalized spacial score (nSPS) is 14.4. The van der Waals surface area contributed by atoms with Gasteiger partial charge in [-0.2, -0.15) is 9.10 Å². The number of ether oxygens (including phenoxy) is 5. The standard InChI is InChI=1S/C56H80N8O12S2Si/c1-54(2,3)74-52(65)57-33-39-29-31-62(32-30-39)47-27-28-48(77(67,68)38-46(76-79(13,14)56(7,8)9)34-58-53(66)75-55(4,5)6)50(49(47)51-59-61-64(60-51)37-42-19-25-45(73-12)26-20-42)78(69,70)63(35-40-15-21-43(71-10)22-16-40)36-41-17-23-44(72-11)24-18-41/h15-28,39,46H,29-38H2,1-14H3,(H,57,65)(H,58,66)/t46-/m1/s1. The molecule has 2 amide bonds. The minimum Gasteiger partial charge on any atom is -0.497 e. The zero-order valence-electron chi connectivity index (χ0n) is 48.2. The number of hydrogen-bond donors (Lipinski definition) is 2. The summed E-state index contributed by atoms with van der Waals surface area (Å²) in [4.78, 5) is 28.1. The van der Waals surface area contributed by atoms with Crippen molar-refractivity contribution >= 4 is 46.1 Å². The van der Waals surface area contributed by atoms with Crippen LogP contribution in [0.2, 0.25) is 18.1 Å². The van der Waals surface area contributed by atoms with Crippen LogP contribution in [0.15, 0.2) is 94.7 Å². The van der Waals surface area contributed by atoms with E-state index in [1.54, 1.807) is 115 Å². The molecule has 2 N–H and O–H groups in total. The van der Waals surface area contributed by atoms with Crippen LogP contribution in [0.5, 0.6) is 17.2 Å². The van der Waals surface area contributed by atoms with Gasteiger partial charge >= 0.3 is 12.2 Å². The maximum absolute atomic E-state index is 16.5. The fraction of sp³-hybridized carbons (Fsp3) is 0.518. The number of rotatable bonds is 22.